The van der Waals surface area contributed by atoms with Crippen molar-refractivity contribution in [1.82, 2.24) is 0 Å². The Bertz CT molecular complexity index is 1350. The molecule has 0 radical (unpaired) electrons. The highest BCUT2D eigenvalue weighted by Crippen LogP contribution is 2.34. The molecule has 0 amide bonds. The Hall–Kier alpha value is -4.55. The van der Waals surface area contributed by atoms with Crippen molar-refractivity contribution in [3.8, 4) is 17.2 Å². The van der Waals surface area contributed by atoms with Gasteiger partial charge in [-0.15, -0.1) is 0 Å². The summed E-state index contributed by atoms with van der Waals surface area (Å²) in [5.74, 6) is -2.15. The van der Waals surface area contributed by atoms with Crippen LogP contribution in [-0.2, 0) is 15.6 Å². The van der Waals surface area contributed by atoms with Crippen LogP contribution >= 0.6 is 0 Å². The zero-order valence-corrected chi connectivity index (χ0v) is 21.4. The standard InChI is InChI=1S/C28H26F6N2O5/c29-22-16-19(5-9-24(22)38-13-1-12-27(30,31)32)28(33,34)41-21-7-2-18(3-8-21)4-11-26(37)40-15-14-39-25-10-6-20(35)17-23(25)36/h2-11,16-17H,1,12-15,35-36H2/b11-4+. The van der Waals surface area contributed by atoms with Crippen molar-refractivity contribution in [2.45, 2.75) is 25.1 Å². The number of carbonyl (C=O) groups excluding carboxylic acids is 1. The third-order valence-corrected chi connectivity index (χ3v) is 5.29. The summed E-state index contributed by atoms with van der Waals surface area (Å²) in [4.78, 5) is 11.9. The molecule has 4 N–H and O–H groups in total. The fourth-order valence-corrected chi connectivity index (χ4v) is 3.31. The molecule has 0 heterocycles. The second-order valence-corrected chi connectivity index (χ2v) is 8.55. The molecule has 0 fully saturated rings. The Morgan fingerprint density at radius 3 is 2.17 bits per heavy atom. The van der Waals surface area contributed by atoms with E-state index in [4.69, 9.17) is 30.4 Å². The van der Waals surface area contributed by atoms with Gasteiger partial charge in [0.15, 0.2) is 11.6 Å². The molecule has 0 aliphatic rings. The molecular formula is C28H26F6N2O5. The van der Waals surface area contributed by atoms with E-state index in [1.54, 1.807) is 12.1 Å². The third kappa shape index (κ3) is 10.2. The number of benzene rings is 3. The molecule has 0 spiro atoms. The second-order valence-electron chi connectivity index (χ2n) is 8.55. The second kappa shape index (κ2) is 13.7. The predicted molar refractivity (Wildman–Crippen MR) is 139 cm³/mol. The number of alkyl halides is 5. The van der Waals surface area contributed by atoms with E-state index in [9.17, 15) is 31.1 Å². The number of anilines is 2. The van der Waals surface area contributed by atoms with Gasteiger partial charge in [0.25, 0.3) is 0 Å². The first-order chi connectivity index (χ1) is 19.3. The molecule has 3 aromatic rings. The van der Waals surface area contributed by atoms with Gasteiger partial charge in [0.05, 0.1) is 17.9 Å². The smallest absolute Gasteiger partial charge is 0.426 e. The fourth-order valence-electron chi connectivity index (χ4n) is 3.31. The average Bonchev–Trinajstić information content (AvgIpc) is 2.89. The number of nitrogens with two attached hydrogens (primary N) is 2. The van der Waals surface area contributed by atoms with Crippen LogP contribution in [0.1, 0.15) is 24.0 Å². The van der Waals surface area contributed by atoms with E-state index in [0.717, 1.165) is 18.2 Å². The average molecular weight is 585 g/mol. The Balaban J connectivity index is 1.46. The van der Waals surface area contributed by atoms with Crippen molar-refractivity contribution in [3.05, 3.63) is 83.7 Å². The summed E-state index contributed by atoms with van der Waals surface area (Å²) in [6.45, 7) is -0.439. The van der Waals surface area contributed by atoms with E-state index in [1.165, 1.54) is 36.4 Å². The highest BCUT2D eigenvalue weighted by molar-refractivity contribution is 5.87. The van der Waals surface area contributed by atoms with Gasteiger partial charge < -0.3 is 30.4 Å². The van der Waals surface area contributed by atoms with E-state index in [2.05, 4.69) is 0 Å². The van der Waals surface area contributed by atoms with Crippen molar-refractivity contribution in [2.75, 3.05) is 31.3 Å². The minimum atomic E-state index is -4.38. The zero-order valence-electron chi connectivity index (χ0n) is 21.4. The topological polar surface area (TPSA) is 106 Å². The van der Waals surface area contributed by atoms with Crippen LogP contribution in [-0.4, -0.2) is 32.0 Å². The summed E-state index contributed by atoms with van der Waals surface area (Å²) in [6.07, 6.45) is -7.31. The van der Waals surface area contributed by atoms with Gasteiger partial charge in [-0.2, -0.15) is 22.0 Å². The van der Waals surface area contributed by atoms with E-state index < -0.39 is 54.8 Å². The van der Waals surface area contributed by atoms with Crippen LogP contribution in [0.3, 0.4) is 0 Å². The molecule has 0 aliphatic carbocycles. The SMILES string of the molecule is Nc1ccc(OCCOC(=O)/C=C/c2ccc(OC(F)(F)c3ccc(OCCCC(F)(F)F)c(F)c3)cc2)c(N)c1. The van der Waals surface area contributed by atoms with Crippen molar-refractivity contribution in [1.29, 1.82) is 0 Å². The molecule has 0 aliphatic heterocycles. The summed E-state index contributed by atoms with van der Waals surface area (Å²) in [6, 6.07) is 12.2. The molecule has 0 atom stereocenters. The summed E-state index contributed by atoms with van der Waals surface area (Å²) in [5.41, 5.74) is 11.8. The number of halogens is 6. The molecule has 0 saturated heterocycles. The summed E-state index contributed by atoms with van der Waals surface area (Å²) in [5, 5.41) is 0. The van der Waals surface area contributed by atoms with Crippen LogP contribution in [0.15, 0.2) is 66.7 Å². The molecule has 3 aromatic carbocycles. The molecule has 41 heavy (non-hydrogen) atoms. The largest absolute Gasteiger partial charge is 0.491 e. The lowest BCUT2D eigenvalue weighted by atomic mass is 10.2. The van der Waals surface area contributed by atoms with Crippen LogP contribution in [0.4, 0.5) is 37.7 Å². The molecular weight excluding hydrogens is 558 g/mol. The maximum Gasteiger partial charge on any atom is 0.426 e. The lowest BCUT2D eigenvalue weighted by molar-refractivity contribution is -0.185. The van der Waals surface area contributed by atoms with Gasteiger partial charge in [0.2, 0.25) is 0 Å². The highest BCUT2D eigenvalue weighted by Gasteiger charge is 2.35. The van der Waals surface area contributed by atoms with Gasteiger partial charge in [-0.1, -0.05) is 12.1 Å². The first-order valence-electron chi connectivity index (χ1n) is 12.1. The number of hydrogen-bond donors (Lipinski definition) is 2. The number of esters is 1. The normalized spacial score (nSPS) is 11.9. The molecule has 0 bridgehead atoms. The number of ether oxygens (including phenoxy) is 4. The van der Waals surface area contributed by atoms with Crippen molar-refractivity contribution in [3.63, 3.8) is 0 Å². The number of nitrogen functional groups attached to an aromatic ring is 2. The van der Waals surface area contributed by atoms with Gasteiger partial charge in [-0.05, 0) is 66.6 Å². The summed E-state index contributed by atoms with van der Waals surface area (Å²) >= 11 is 0. The molecule has 0 saturated carbocycles. The Labute approximate surface area is 231 Å². The first kappa shape index (κ1) is 31.0. The number of carbonyl (C=O) groups is 1. The van der Waals surface area contributed by atoms with Gasteiger partial charge in [0, 0.05) is 18.2 Å². The van der Waals surface area contributed by atoms with Gasteiger partial charge in [0.1, 0.15) is 24.7 Å². The van der Waals surface area contributed by atoms with Crippen molar-refractivity contribution >= 4 is 23.4 Å². The number of hydrogen-bond acceptors (Lipinski definition) is 7. The summed E-state index contributed by atoms with van der Waals surface area (Å²) in [7, 11) is 0. The van der Waals surface area contributed by atoms with Gasteiger partial charge in [-0.3, -0.25) is 0 Å². The van der Waals surface area contributed by atoms with E-state index in [-0.39, 0.29) is 19.0 Å². The first-order valence-corrected chi connectivity index (χ1v) is 12.1. The van der Waals surface area contributed by atoms with Gasteiger partial charge in [-0.25, -0.2) is 9.18 Å². The Morgan fingerprint density at radius 2 is 1.51 bits per heavy atom. The van der Waals surface area contributed by atoms with E-state index in [1.807, 2.05) is 0 Å². The van der Waals surface area contributed by atoms with Crippen LogP contribution < -0.4 is 25.7 Å². The minimum Gasteiger partial charge on any atom is -0.491 e. The Morgan fingerprint density at radius 1 is 0.829 bits per heavy atom. The maximum atomic E-state index is 14.6. The highest BCUT2D eigenvalue weighted by atomic mass is 19.4. The maximum absolute atomic E-state index is 14.6. The zero-order chi connectivity index (χ0) is 30.0. The van der Waals surface area contributed by atoms with E-state index >= 15 is 0 Å². The monoisotopic (exact) mass is 584 g/mol. The Kier molecular flexibility index (Phi) is 10.3. The lowest BCUT2D eigenvalue weighted by Gasteiger charge is -2.19. The lowest BCUT2D eigenvalue weighted by Crippen LogP contribution is -2.22. The van der Waals surface area contributed by atoms with Crippen LogP contribution in [0.25, 0.3) is 6.08 Å². The van der Waals surface area contributed by atoms with Crippen LogP contribution in [0, 0.1) is 5.82 Å². The van der Waals surface area contributed by atoms with Crippen LogP contribution in [0.5, 0.6) is 17.2 Å². The molecule has 13 heteroatoms. The molecule has 220 valence electrons. The molecule has 0 aromatic heterocycles. The van der Waals surface area contributed by atoms with Crippen molar-refractivity contribution in [2.24, 2.45) is 0 Å². The number of rotatable bonds is 13. The molecule has 0 unspecified atom stereocenters. The molecule has 3 rings (SSSR count). The van der Waals surface area contributed by atoms with Crippen LogP contribution in [0.2, 0.25) is 0 Å². The van der Waals surface area contributed by atoms with Crippen molar-refractivity contribution < 1.29 is 50.1 Å². The third-order valence-electron chi connectivity index (χ3n) is 5.29. The van der Waals surface area contributed by atoms with Gasteiger partial charge >= 0.3 is 18.3 Å². The minimum absolute atomic E-state index is 0.0511. The molecule has 7 nitrogen and oxygen atoms in total. The fraction of sp³-hybridized carbons (Fsp3) is 0.250. The predicted octanol–water partition coefficient (Wildman–Crippen LogP) is 6.48. The van der Waals surface area contributed by atoms with E-state index in [0.29, 0.717) is 28.8 Å². The quantitative estimate of drug-likeness (QED) is 0.0780. The summed E-state index contributed by atoms with van der Waals surface area (Å²) < 4.78 is 99.9.